The number of fused-ring (bicyclic) bond motifs is 1. The maximum atomic E-state index is 13.0. The highest BCUT2D eigenvalue weighted by atomic mass is 16.5. The molecule has 1 N–H and O–H groups in total. The number of nitrogens with zero attached hydrogens (tertiary/aromatic N) is 1. The molecule has 0 aromatic heterocycles. The zero-order valence-corrected chi connectivity index (χ0v) is 14.9. The maximum Gasteiger partial charge on any atom is 0.234 e. The number of amides is 2. The largest absolute Gasteiger partial charge is 0.497 e. The van der Waals surface area contributed by atoms with Gasteiger partial charge in [-0.25, -0.2) is 0 Å². The number of methoxy groups -OCH3 is 2. The van der Waals surface area contributed by atoms with E-state index < -0.39 is 0 Å². The van der Waals surface area contributed by atoms with Crippen LogP contribution in [0.5, 0.6) is 11.5 Å². The van der Waals surface area contributed by atoms with Crippen molar-refractivity contribution in [3.05, 3.63) is 53.6 Å². The van der Waals surface area contributed by atoms with E-state index in [1.165, 1.54) is 0 Å². The number of anilines is 1. The van der Waals surface area contributed by atoms with E-state index in [1.54, 1.807) is 19.1 Å². The van der Waals surface area contributed by atoms with E-state index in [4.69, 9.17) is 9.47 Å². The van der Waals surface area contributed by atoms with Gasteiger partial charge in [-0.1, -0.05) is 12.1 Å². The van der Waals surface area contributed by atoms with Crippen molar-refractivity contribution in [1.29, 1.82) is 0 Å². The number of carbonyl (C=O) groups excluding carboxylic acids is 2. The summed E-state index contributed by atoms with van der Waals surface area (Å²) in [6.45, 7) is 0.937. The van der Waals surface area contributed by atoms with Crippen LogP contribution in [-0.4, -0.2) is 33.1 Å². The van der Waals surface area contributed by atoms with Gasteiger partial charge in [-0.2, -0.15) is 0 Å². The predicted molar refractivity (Wildman–Crippen MR) is 98.6 cm³/mol. The van der Waals surface area contributed by atoms with Gasteiger partial charge >= 0.3 is 0 Å². The molecule has 1 aliphatic rings. The number of hydrogen-bond donors (Lipinski definition) is 1. The summed E-state index contributed by atoms with van der Waals surface area (Å²) in [7, 11) is 3.23. The van der Waals surface area contributed by atoms with Crippen LogP contribution in [0.1, 0.15) is 23.5 Å². The Morgan fingerprint density at radius 3 is 2.42 bits per heavy atom. The number of ether oxygens (including phenoxy) is 2. The first-order valence-corrected chi connectivity index (χ1v) is 8.47. The van der Waals surface area contributed by atoms with E-state index in [-0.39, 0.29) is 11.8 Å². The van der Waals surface area contributed by atoms with Crippen LogP contribution in [0.4, 0.5) is 5.69 Å². The molecule has 1 heterocycles. The molecule has 0 bridgehead atoms. The van der Waals surface area contributed by atoms with Crippen LogP contribution in [0.2, 0.25) is 0 Å². The summed E-state index contributed by atoms with van der Waals surface area (Å²) in [5.74, 6) is 1.25. The highest BCUT2D eigenvalue weighted by Crippen LogP contribution is 2.41. The van der Waals surface area contributed by atoms with Crippen molar-refractivity contribution in [2.75, 3.05) is 25.7 Å². The Morgan fingerprint density at radius 1 is 1.08 bits per heavy atom. The first-order chi connectivity index (χ1) is 12.7. The third kappa shape index (κ3) is 3.49. The first-order valence-electron chi connectivity index (χ1n) is 8.47. The predicted octanol–water partition coefficient (Wildman–Crippen LogP) is 2.47. The number of hydrogen-bond acceptors (Lipinski definition) is 4. The molecule has 0 aliphatic carbocycles. The lowest BCUT2D eigenvalue weighted by Gasteiger charge is -2.18. The fourth-order valence-electron chi connectivity index (χ4n) is 3.27. The second-order valence-corrected chi connectivity index (χ2v) is 6.11. The molecule has 0 spiro atoms. The molecule has 6 nitrogen and oxygen atoms in total. The van der Waals surface area contributed by atoms with Gasteiger partial charge < -0.3 is 19.7 Å². The number of carbonyl (C=O) groups is 2. The Balaban J connectivity index is 1.88. The van der Waals surface area contributed by atoms with Crippen molar-refractivity contribution in [3.8, 4) is 11.5 Å². The van der Waals surface area contributed by atoms with Gasteiger partial charge in [0.15, 0.2) is 0 Å². The van der Waals surface area contributed by atoms with Crippen LogP contribution in [0.3, 0.4) is 0 Å². The van der Waals surface area contributed by atoms with E-state index in [2.05, 4.69) is 5.32 Å². The average Bonchev–Trinajstić information content (AvgIpc) is 2.93. The van der Waals surface area contributed by atoms with Gasteiger partial charge in [0.05, 0.1) is 26.7 Å². The molecule has 0 fully saturated rings. The highest BCUT2D eigenvalue weighted by molar-refractivity contribution is 6.05. The zero-order valence-electron chi connectivity index (χ0n) is 14.9. The Morgan fingerprint density at radius 2 is 1.77 bits per heavy atom. The van der Waals surface area contributed by atoms with Crippen molar-refractivity contribution in [1.82, 2.24) is 5.32 Å². The molecule has 2 aromatic carbocycles. The quantitative estimate of drug-likeness (QED) is 0.584. The van der Waals surface area contributed by atoms with E-state index >= 15 is 0 Å². The molecule has 1 atom stereocenters. The third-order valence-electron chi connectivity index (χ3n) is 4.63. The minimum absolute atomic E-state index is 0.0387. The van der Waals surface area contributed by atoms with Gasteiger partial charge in [0.2, 0.25) is 12.3 Å². The smallest absolute Gasteiger partial charge is 0.234 e. The maximum absolute atomic E-state index is 13.0. The van der Waals surface area contributed by atoms with Crippen LogP contribution >= 0.6 is 0 Å². The molecule has 0 saturated heterocycles. The Bertz CT molecular complexity index is 789. The molecule has 0 radical (unpaired) electrons. The average molecular weight is 354 g/mol. The van der Waals surface area contributed by atoms with Gasteiger partial charge in [0.1, 0.15) is 11.5 Å². The molecule has 0 saturated carbocycles. The molecular formula is C20H22N2O4. The van der Waals surface area contributed by atoms with Gasteiger partial charge in [-0.05, 0) is 47.9 Å². The Kier molecular flexibility index (Phi) is 5.41. The number of nitrogens with one attached hydrogen (secondary N) is 1. The minimum atomic E-state index is -0.286. The fraction of sp³-hybridized carbons (Fsp3) is 0.300. The van der Waals surface area contributed by atoms with Crippen LogP contribution in [0.15, 0.2) is 42.5 Å². The van der Waals surface area contributed by atoms with Gasteiger partial charge in [0.25, 0.3) is 0 Å². The minimum Gasteiger partial charge on any atom is -0.497 e. The summed E-state index contributed by atoms with van der Waals surface area (Å²) in [6.07, 6.45) is 1.21. The second-order valence-electron chi connectivity index (χ2n) is 6.11. The Hall–Kier alpha value is -3.02. The van der Waals surface area contributed by atoms with Gasteiger partial charge in [-0.3, -0.25) is 9.59 Å². The summed E-state index contributed by atoms with van der Waals surface area (Å²) >= 11 is 0. The van der Waals surface area contributed by atoms with Crippen molar-refractivity contribution < 1.29 is 19.1 Å². The molecule has 2 amide bonds. The molecule has 2 aromatic rings. The van der Waals surface area contributed by atoms with Gasteiger partial charge in [-0.15, -0.1) is 0 Å². The van der Waals surface area contributed by atoms with Crippen LogP contribution in [0.25, 0.3) is 0 Å². The summed E-state index contributed by atoms with van der Waals surface area (Å²) in [5, 5.41) is 2.64. The van der Waals surface area contributed by atoms with Crippen LogP contribution in [0, 0.1) is 0 Å². The SMILES string of the molecule is COc1ccc(CN2C(=O)C(CCNC=O)c3cc(OC)ccc32)cc1. The molecule has 3 rings (SSSR count). The summed E-state index contributed by atoms with van der Waals surface area (Å²) in [4.78, 5) is 25.3. The molecule has 1 aliphatic heterocycles. The molecule has 26 heavy (non-hydrogen) atoms. The van der Waals surface area contributed by atoms with Crippen molar-refractivity contribution >= 4 is 18.0 Å². The van der Waals surface area contributed by atoms with Crippen LogP contribution < -0.4 is 19.7 Å². The summed E-state index contributed by atoms with van der Waals surface area (Å²) in [6, 6.07) is 13.4. The lowest BCUT2D eigenvalue weighted by Crippen LogP contribution is -2.29. The van der Waals surface area contributed by atoms with Crippen molar-refractivity contribution in [2.45, 2.75) is 18.9 Å². The highest BCUT2D eigenvalue weighted by Gasteiger charge is 2.37. The summed E-state index contributed by atoms with van der Waals surface area (Å²) < 4.78 is 10.5. The van der Waals surface area contributed by atoms with E-state index in [1.807, 2.05) is 42.5 Å². The normalized spacial score (nSPS) is 15.5. The molecule has 1 unspecified atom stereocenters. The van der Waals surface area contributed by atoms with Gasteiger partial charge in [0, 0.05) is 12.2 Å². The Labute approximate surface area is 152 Å². The van der Waals surface area contributed by atoms with E-state index in [0.717, 1.165) is 28.3 Å². The van der Waals surface area contributed by atoms with Crippen LogP contribution in [-0.2, 0) is 16.1 Å². The molecule has 136 valence electrons. The van der Waals surface area contributed by atoms with E-state index in [0.29, 0.717) is 25.9 Å². The second kappa shape index (κ2) is 7.91. The van der Waals surface area contributed by atoms with Crippen molar-refractivity contribution in [3.63, 3.8) is 0 Å². The van der Waals surface area contributed by atoms with Crippen molar-refractivity contribution in [2.24, 2.45) is 0 Å². The molecular weight excluding hydrogens is 332 g/mol. The topological polar surface area (TPSA) is 67.9 Å². The lowest BCUT2D eigenvalue weighted by atomic mass is 9.97. The fourth-order valence-corrected chi connectivity index (χ4v) is 3.27. The third-order valence-corrected chi connectivity index (χ3v) is 4.63. The lowest BCUT2D eigenvalue weighted by molar-refractivity contribution is -0.119. The number of benzene rings is 2. The standard InChI is InChI=1S/C20H22N2O4/c1-25-15-5-3-14(4-6-15)12-22-19-8-7-16(26-2)11-18(19)17(20(22)24)9-10-21-13-23/h3-8,11,13,17H,9-10,12H2,1-2H3,(H,21,23). The monoisotopic (exact) mass is 354 g/mol. The summed E-state index contributed by atoms with van der Waals surface area (Å²) in [5.41, 5.74) is 2.85. The first kappa shape index (κ1) is 17.8. The molecule has 6 heteroatoms. The van der Waals surface area contributed by atoms with E-state index in [9.17, 15) is 9.59 Å². The zero-order chi connectivity index (χ0) is 18.5. The number of rotatable bonds is 8.